The van der Waals surface area contributed by atoms with Crippen molar-refractivity contribution in [2.45, 2.75) is 23.4 Å². The second-order valence-electron chi connectivity index (χ2n) is 5.41. The van der Waals surface area contributed by atoms with Gasteiger partial charge in [0.05, 0.1) is 4.90 Å². The summed E-state index contributed by atoms with van der Waals surface area (Å²) in [5, 5.41) is 10.9. The van der Waals surface area contributed by atoms with E-state index >= 15 is 0 Å². The molecule has 0 fully saturated rings. The molecule has 0 unspecified atom stereocenters. The summed E-state index contributed by atoms with van der Waals surface area (Å²) in [6.07, 6.45) is 0. The van der Waals surface area contributed by atoms with Crippen molar-refractivity contribution < 1.29 is 8.42 Å². The van der Waals surface area contributed by atoms with E-state index in [9.17, 15) is 8.42 Å². The molecular weight excluding hydrogens is 322 g/mol. The number of hydrogen-bond acceptors (Lipinski definition) is 5. The minimum Gasteiger partial charge on any atom is -0.365 e. The lowest BCUT2D eigenvalue weighted by Gasteiger charge is -2.07. The molecule has 3 rings (SSSR count). The fraction of sp³-hybridized carbons (Fsp3) is 0.111. The van der Waals surface area contributed by atoms with Gasteiger partial charge < -0.3 is 5.32 Å². The van der Waals surface area contributed by atoms with Gasteiger partial charge in [-0.3, -0.25) is 0 Å². The normalized spacial score (nSPS) is 11.2. The van der Waals surface area contributed by atoms with Crippen LogP contribution in [0.5, 0.6) is 0 Å². The Kier molecular flexibility index (Phi) is 4.57. The highest BCUT2D eigenvalue weighted by molar-refractivity contribution is 7.91. The number of sulfone groups is 1. The van der Waals surface area contributed by atoms with Gasteiger partial charge in [0.2, 0.25) is 9.84 Å². The number of benzene rings is 2. The maximum atomic E-state index is 12.4. The van der Waals surface area contributed by atoms with Crippen molar-refractivity contribution >= 4 is 15.7 Å². The van der Waals surface area contributed by atoms with Crippen LogP contribution in [0.2, 0.25) is 0 Å². The molecular formula is C18H17N3O2S. The smallest absolute Gasteiger partial charge is 0.225 e. The Balaban J connectivity index is 1.72. The van der Waals surface area contributed by atoms with Crippen molar-refractivity contribution in [1.29, 1.82) is 0 Å². The van der Waals surface area contributed by atoms with Crippen molar-refractivity contribution in [3.05, 3.63) is 77.9 Å². The second-order valence-corrected chi connectivity index (χ2v) is 7.31. The first-order valence-electron chi connectivity index (χ1n) is 7.49. The van der Waals surface area contributed by atoms with Gasteiger partial charge in [-0.25, -0.2) is 8.42 Å². The monoisotopic (exact) mass is 339 g/mol. The van der Waals surface area contributed by atoms with E-state index in [-0.39, 0.29) is 9.92 Å². The van der Waals surface area contributed by atoms with Gasteiger partial charge in [-0.1, -0.05) is 48.0 Å². The summed E-state index contributed by atoms with van der Waals surface area (Å²) in [6, 6.07) is 19.4. The maximum Gasteiger partial charge on any atom is 0.225 e. The van der Waals surface area contributed by atoms with Crippen LogP contribution in [0.1, 0.15) is 11.1 Å². The first kappa shape index (κ1) is 16.1. The predicted molar refractivity (Wildman–Crippen MR) is 92.4 cm³/mol. The molecule has 0 spiro atoms. The van der Waals surface area contributed by atoms with Crippen LogP contribution in [0.25, 0.3) is 0 Å². The molecule has 0 aliphatic heterocycles. The second kappa shape index (κ2) is 6.80. The molecule has 0 saturated carbocycles. The van der Waals surface area contributed by atoms with E-state index < -0.39 is 9.84 Å². The number of hydrogen-bond donors (Lipinski definition) is 1. The average Bonchev–Trinajstić information content (AvgIpc) is 2.62. The van der Waals surface area contributed by atoms with Gasteiger partial charge in [0.25, 0.3) is 0 Å². The molecule has 3 aromatic rings. The van der Waals surface area contributed by atoms with Gasteiger partial charge >= 0.3 is 0 Å². The van der Waals surface area contributed by atoms with Crippen LogP contribution in [-0.4, -0.2) is 18.6 Å². The minimum absolute atomic E-state index is 0.0606. The van der Waals surface area contributed by atoms with Gasteiger partial charge in [0.1, 0.15) is 5.82 Å². The standard InChI is InChI=1S/C18H17N3O2S/c1-14-7-9-15(10-8-14)13-19-17-11-12-18(21-20-17)24(22,23)16-5-3-2-4-6-16/h2-12H,13H2,1H3,(H,19,20). The first-order chi connectivity index (χ1) is 11.6. The molecule has 2 aromatic carbocycles. The van der Waals surface area contributed by atoms with Crippen molar-refractivity contribution in [2.24, 2.45) is 0 Å². The molecule has 1 aromatic heterocycles. The van der Waals surface area contributed by atoms with E-state index in [4.69, 9.17) is 0 Å². The van der Waals surface area contributed by atoms with Crippen LogP contribution >= 0.6 is 0 Å². The Hall–Kier alpha value is -2.73. The fourth-order valence-corrected chi connectivity index (χ4v) is 3.33. The lowest BCUT2D eigenvalue weighted by Crippen LogP contribution is -2.08. The number of rotatable bonds is 5. The minimum atomic E-state index is -3.63. The summed E-state index contributed by atoms with van der Waals surface area (Å²) in [6.45, 7) is 2.63. The molecule has 0 radical (unpaired) electrons. The molecule has 1 heterocycles. The Labute approximate surface area is 141 Å². The highest BCUT2D eigenvalue weighted by Gasteiger charge is 2.19. The van der Waals surface area contributed by atoms with E-state index in [0.717, 1.165) is 5.56 Å². The van der Waals surface area contributed by atoms with Crippen LogP contribution in [0, 0.1) is 6.92 Å². The maximum absolute atomic E-state index is 12.4. The van der Waals surface area contributed by atoms with Gasteiger partial charge in [-0.2, -0.15) is 0 Å². The van der Waals surface area contributed by atoms with Gasteiger partial charge in [0, 0.05) is 6.54 Å². The first-order valence-corrected chi connectivity index (χ1v) is 8.97. The molecule has 24 heavy (non-hydrogen) atoms. The Morgan fingerprint density at radius 2 is 1.58 bits per heavy atom. The lowest BCUT2D eigenvalue weighted by atomic mass is 10.1. The van der Waals surface area contributed by atoms with Crippen LogP contribution in [0.15, 0.2) is 76.7 Å². The van der Waals surface area contributed by atoms with Crippen molar-refractivity contribution in [1.82, 2.24) is 10.2 Å². The largest absolute Gasteiger partial charge is 0.365 e. The van der Waals surface area contributed by atoms with Crippen LogP contribution in [0.4, 0.5) is 5.82 Å². The molecule has 0 bridgehead atoms. The summed E-state index contributed by atoms with van der Waals surface area (Å²) in [5.41, 5.74) is 2.32. The molecule has 122 valence electrons. The molecule has 0 amide bonds. The van der Waals surface area contributed by atoms with Gasteiger partial charge in [0.15, 0.2) is 5.03 Å². The molecule has 1 N–H and O–H groups in total. The summed E-state index contributed by atoms with van der Waals surface area (Å²) >= 11 is 0. The molecule has 6 heteroatoms. The highest BCUT2D eigenvalue weighted by atomic mass is 32.2. The zero-order chi connectivity index (χ0) is 17.0. The summed E-state index contributed by atoms with van der Waals surface area (Å²) < 4.78 is 24.9. The number of aryl methyl sites for hydroxylation is 1. The summed E-state index contributed by atoms with van der Waals surface area (Å²) in [5.74, 6) is 0.530. The fourth-order valence-electron chi connectivity index (χ4n) is 2.18. The number of aromatic nitrogens is 2. The van der Waals surface area contributed by atoms with Crippen molar-refractivity contribution in [3.63, 3.8) is 0 Å². The summed E-state index contributed by atoms with van der Waals surface area (Å²) in [4.78, 5) is 0.208. The number of nitrogens with zero attached hydrogens (tertiary/aromatic N) is 2. The van der Waals surface area contributed by atoms with E-state index in [1.165, 1.54) is 11.6 Å². The zero-order valence-electron chi connectivity index (χ0n) is 13.2. The predicted octanol–water partition coefficient (Wildman–Crippen LogP) is 3.23. The third-order valence-electron chi connectivity index (χ3n) is 3.56. The number of nitrogens with one attached hydrogen (secondary N) is 1. The van der Waals surface area contributed by atoms with E-state index in [1.54, 1.807) is 36.4 Å². The Morgan fingerprint density at radius 3 is 2.21 bits per heavy atom. The van der Waals surface area contributed by atoms with Gasteiger partial charge in [-0.15, -0.1) is 10.2 Å². The van der Waals surface area contributed by atoms with Gasteiger partial charge in [-0.05, 0) is 36.8 Å². The van der Waals surface area contributed by atoms with E-state index in [0.29, 0.717) is 12.4 Å². The third-order valence-corrected chi connectivity index (χ3v) is 5.22. The molecule has 0 saturated heterocycles. The molecule has 0 atom stereocenters. The van der Waals surface area contributed by atoms with E-state index in [1.807, 2.05) is 31.2 Å². The summed E-state index contributed by atoms with van der Waals surface area (Å²) in [7, 11) is -3.63. The van der Waals surface area contributed by atoms with Crippen LogP contribution < -0.4 is 5.32 Å². The molecule has 5 nitrogen and oxygen atoms in total. The lowest BCUT2D eigenvalue weighted by molar-refractivity contribution is 0.590. The quantitative estimate of drug-likeness (QED) is 0.773. The van der Waals surface area contributed by atoms with Crippen LogP contribution in [0.3, 0.4) is 0 Å². The van der Waals surface area contributed by atoms with Crippen molar-refractivity contribution in [2.75, 3.05) is 5.32 Å². The topological polar surface area (TPSA) is 72.0 Å². The van der Waals surface area contributed by atoms with E-state index in [2.05, 4.69) is 15.5 Å². The van der Waals surface area contributed by atoms with Crippen LogP contribution in [-0.2, 0) is 16.4 Å². The molecule has 0 aliphatic carbocycles. The number of anilines is 1. The van der Waals surface area contributed by atoms with Crippen molar-refractivity contribution in [3.8, 4) is 0 Å². The highest BCUT2D eigenvalue weighted by Crippen LogP contribution is 2.18. The average molecular weight is 339 g/mol. The zero-order valence-corrected chi connectivity index (χ0v) is 14.0. The Morgan fingerprint density at radius 1 is 0.875 bits per heavy atom. The molecule has 0 aliphatic rings. The third kappa shape index (κ3) is 3.60. The SMILES string of the molecule is Cc1ccc(CNc2ccc(S(=O)(=O)c3ccccc3)nn2)cc1. The Bertz CT molecular complexity index is 907.